The van der Waals surface area contributed by atoms with E-state index in [0.29, 0.717) is 17.5 Å². The zero-order chi connectivity index (χ0) is 20.2. The van der Waals surface area contributed by atoms with Crippen LogP contribution in [0, 0.1) is 11.3 Å². The van der Waals surface area contributed by atoms with Crippen molar-refractivity contribution in [1.29, 1.82) is 5.26 Å². The van der Waals surface area contributed by atoms with Crippen molar-refractivity contribution in [3.63, 3.8) is 0 Å². The molecule has 0 amide bonds. The lowest BCUT2D eigenvalue weighted by Crippen LogP contribution is -2.22. The van der Waals surface area contributed by atoms with Gasteiger partial charge in [0.15, 0.2) is 0 Å². The first-order valence-corrected chi connectivity index (χ1v) is 12.4. The maximum absolute atomic E-state index is 9.65. The van der Waals surface area contributed by atoms with Gasteiger partial charge in [0.25, 0.3) is 0 Å². The van der Waals surface area contributed by atoms with Crippen molar-refractivity contribution in [3.8, 4) is 6.07 Å². The fourth-order valence-corrected chi connectivity index (χ4v) is 5.08. The van der Waals surface area contributed by atoms with E-state index in [0.717, 1.165) is 24.5 Å². The van der Waals surface area contributed by atoms with E-state index in [1.165, 1.54) is 103 Å². The Morgan fingerprint density at radius 1 is 0.724 bits per heavy atom. The third-order valence-electron chi connectivity index (χ3n) is 6.87. The standard InChI is InChI=1S/C25H40N4/c26-19-22-20-27-25(28-23-17-13-9-3-1-2-4-10-14-18-23)29-24(22)21-15-11-7-5-6-8-12-16-21/h20-21,23H,1-18H2,(H,27,28,29). The quantitative estimate of drug-likeness (QED) is 0.584. The molecule has 2 fully saturated rings. The Balaban J connectivity index is 1.69. The zero-order valence-electron chi connectivity index (χ0n) is 18.3. The molecule has 1 N–H and O–H groups in total. The van der Waals surface area contributed by atoms with Gasteiger partial charge in [-0.05, 0) is 25.7 Å². The Labute approximate surface area is 177 Å². The second-order valence-corrected chi connectivity index (χ2v) is 9.25. The van der Waals surface area contributed by atoms with E-state index in [-0.39, 0.29) is 0 Å². The summed E-state index contributed by atoms with van der Waals surface area (Å²) in [6.45, 7) is 0. The number of hydrogen-bond acceptors (Lipinski definition) is 4. The smallest absolute Gasteiger partial charge is 0.223 e. The topological polar surface area (TPSA) is 61.6 Å². The van der Waals surface area contributed by atoms with Crippen LogP contribution in [0.3, 0.4) is 0 Å². The van der Waals surface area contributed by atoms with Gasteiger partial charge in [-0.2, -0.15) is 5.26 Å². The van der Waals surface area contributed by atoms with E-state index in [2.05, 4.69) is 16.4 Å². The third-order valence-corrected chi connectivity index (χ3v) is 6.87. The minimum absolute atomic E-state index is 0.416. The number of hydrogen-bond donors (Lipinski definition) is 1. The minimum atomic E-state index is 0.416. The van der Waals surface area contributed by atoms with Gasteiger partial charge in [0, 0.05) is 12.0 Å². The van der Waals surface area contributed by atoms with E-state index >= 15 is 0 Å². The lowest BCUT2D eigenvalue weighted by Gasteiger charge is -2.21. The average molecular weight is 397 g/mol. The average Bonchev–Trinajstić information content (AvgIpc) is 2.84. The van der Waals surface area contributed by atoms with Crippen molar-refractivity contribution in [2.45, 2.75) is 128 Å². The molecule has 0 atom stereocenters. The summed E-state index contributed by atoms with van der Waals surface area (Å²) >= 11 is 0. The summed E-state index contributed by atoms with van der Waals surface area (Å²) in [7, 11) is 0. The maximum atomic E-state index is 9.65. The monoisotopic (exact) mass is 396 g/mol. The molecule has 0 bridgehead atoms. The first-order valence-electron chi connectivity index (χ1n) is 12.4. The van der Waals surface area contributed by atoms with Crippen LogP contribution in [0.2, 0.25) is 0 Å². The molecule has 2 aliphatic carbocycles. The molecule has 0 aromatic carbocycles. The number of nitriles is 1. The highest BCUT2D eigenvalue weighted by Crippen LogP contribution is 2.31. The van der Waals surface area contributed by atoms with Crippen molar-refractivity contribution in [2.75, 3.05) is 5.32 Å². The summed E-state index contributed by atoms with van der Waals surface area (Å²) < 4.78 is 0. The second-order valence-electron chi connectivity index (χ2n) is 9.25. The van der Waals surface area contributed by atoms with E-state index in [1.807, 2.05) is 0 Å². The number of nitrogens with one attached hydrogen (secondary N) is 1. The molecule has 0 spiro atoms. The molecule has 0 unspecified atom stereocenters. The van der Waals surface area contributed by atoms with Gasteiger partial charge in [-0.1, -0.05) is 89.9 Å². The summed E-state index contributed by atoms with van der Waals surface area (Å²) in [5.41, 5.74) is 1.69. The summed E-state index contributed by atoms with van der Waals surface area (Å²) in [6.07, 6.45) is 25.2. The largest absolute Gasteiger partial charge is 0.351 e. The normalized spacial score (nSPS) is 21.8. The maximum Gasteiger partial charge on any atom is 0.223 e. The highest BCUT2D eigenvalue weighted by atomic mass is 15.1. The van der Waals surface area contributed by atoms with Crippen LogP contribution in [0.1, 0.15) is 133 Å². The van der Waals surface area contributed by atoms with E-state index in [9.17, 15) is 5.26 Å². The Bertz CT molecular complexity index is 614. The number of nitrogens with zero attached hydrogens (tertiary/aromatic N) is 3. The van der Waals surface area contributed by atoms with Gasteiger partial charge >= 0.3 is 0 Å². The zero-order valence-corrected chi connectivity index (χ0v) is 18.3. The number of anilines is 1. The summed E-state index contributed by atoms with van der Waals surface area (Å²) in [4.78, 5) is 9.46. The van der Waals surface area contributed by atoms with Gasteiger partial charge in [-0.3, -0.25) is 0 Å². The Kier molecular flexibility index (Phi) is 9.76. The van der Waals surface area contributed by atoms with Crippen LogP contribution in [0.4, 0.5) is 5.95 Å². The second kappa shape index (κ2) is 12.8. The van der Waals surface area contributed by atoms with Crippen LogP contribution < -0.4 is 5.32 Å². The molecule has 2 saturated carbocycles. The number of aromatic nitrogens is 2. The van der Waals surface area contributed by atoms with E-state index in [4.69, 9.17) is 4.98 Å². The molecular formula is C25H40N4. The van der Waals surface area contributed by atoms with Crippen LogP contribution in [0.25, 0.3) is 0 Å². The third kappa shape index (κ3) is 7.61. The van der Waals surface area contributed by atoms with Gasteiger partial charge in [-0.25, -0.2) is 9.97 Å². The number of rotatable bonds is 3. The van der Waals surface area contributed by atoms with Crippen LogP contribution in [-0.4, -0.2) is 16.0 Å². The van der Waals surface area contributed by atoms with Gasteiger partial charge in [-0.15, -0.1) is 0 Å². The molecule has 160 valence electrons. The summed E-state index contributed by atoms with van der Waals surface area (Å²) in [5, 5.41) is 13.3. The van der Waals surface area contributed by atoms with E-state index in [1.54, 1.807) is 6.20 Å². The predicted molar refractivity (Wildman–Crippen MR) is 120 cm³/mol. The highest BCUT2D eigenvalue weighted by Gasteiger charge is 2.20. The Hall–Kier alpha value is -1.63. The first-order chi connectivity index (χ1) is 14.4. The van der Waals surface area contributed by atoms with Crippen LogP contribution >= 0.6 is 0 Å². The van der Waals surface area contributed by atoms with Gasteiger partial charge in [0.2, 0.25) is 5.95 Å². The molecule has 1 heterocycles. The van der Waals surface area contributed by atoms with Crippen LogP contribution in [0.15, 0.2) is 6.20 Å². The minimum Gasteiger partial charge on any atom is -0.351 e. The molecule has 1 aromatic heterocycles. The van der Waals surface area contributed by atoms with Gasteiger partial charge in [0.1, 0.15) is 6.07 Å². The predicted octanol–water partition coefficient (Wildman–Crippen LogP) is 7.26. The van der Waals surface area contributed by atoms with Crippen LogP contribution in [0.5, 0.6) is 0 Å². The molecule has 0 aliphatic heterocycles. The lowest BCUT2D eigenvalue weighted by molar-refractivity contribution is 0.520. The molecule has 1 aromatic rings. The molecule has 2 aliphatic rings. The summed E-state index contributed by atoms with van der Waals surface area (Å²) in [5.74, 6) is 1.16. The highest BCUT2D eigenvalue weighted by molar-refractivity contribution is 5.39. The Morgan fingerprint density at radius 3 is 1.72 bits per heavy atom. The van der Waals surface area contributed by atoms with Gasteiger partial charge < -0.3 is 5.32 Å². The molecule has 29 heavy (non-hydrogen) atoms. The molecule has 0 saturated heterocycles. The molecule has 3 rings (SSSR count). The molecule has 0 radical (unpaired) electrons. The fraction of sp³-hybridized carbons (Fsp3) is 0.800. The SMILES string of the molecule is N#Cc1cnc(NC2CCCCCCCCCC2)nc1C1CCCCCCCC1. The summed E-state index contributed by atoms with van der Waals surface area (Å²) in [6, 6.07) is 2.83. The van der Waals surface area contributed by atoms with Crippen molar-refractivity contribution >= 4 is 5.95 Å². The first kappa shape index (κ1) is 22.1. The Morgan fingerprint density at radius 2 is 1.21 bits per heavy atom. The van der Waals surface area contributed by atoms with Gasteiger partial charge in [0.05, 0.1) is 17.5 Å². The molecule has 4 heteroatoms. The lowest BCUT2D eigenvalue weighted by atomic mass is 9.91. The molecular weight excluding hydrogens is 356 g/mol. The van der Waals surface area contributed by atoms with Crippen molar-refractivity contribution in [3.05, 3.63) is 17.5 Å². The van der Waals surface area contributed by atoms with E-state index < -0.39 is 0 Å². The molecule has 4 nitrogen and oxygen atoms in total. The van der Waals surface area contributed by atoms with Crippen LogP contribution in [-0.2, 0) is 0 Å². The van der Waals surface area contributed by atoms with Crippen molar-refractivity contribution < 1.29 is 0 Å². The van der Waals surface area contributed by atoms with Crippen molar-refractivity contribution in [1.82, 2.24) is 9.97 Å². The fourth-order valence-electron chi connectivity index (χ4n) is 5.08. The van der Waals surface area contributed by atoms with Crippen molar-refractivity contribution in [2.24, 2.45) is 0 Å².